The molecule has 2 aromatic carbocycles. The Bertz CT molecular complexity index is 582. The molecule has 100 valence electrons. The second-order valence-electron chi connectivity index (χ2n) is 3.99. The fourth-order valence-corrected chi connectivity index (χ4v) is 2.25. The van der Waals surface area contributed by atoms with Crippen molar-refractivity contribution in [2.45, 2.75) is 6.10 Å². The SMILES string of the molecule is COc1ccc(C(O)c2cc(F)cc(Br)c2)c(F)c1. The number of ether oxygens (including phenoxy) is 1. The van der Waals surface area contributed by atoms with E-state index < -0.39 is 17.7 Å². The van der Waals surface area contributed by atoms with Crippen LogP contribution in [0.4, 0.5) is 8.78 Å². The molecule has 0 aliphatic carbocycles. The van der Waals surface area contributed by atoms with Crippen molar-refractivity contribution in [3.8, 4) is 5.75 Å². The largest absolute Gasteiger partial charge is 0.497 e. The highest BCUT2D eigenvalue weighted by Crippen LogP contribution is 2.29. The fourth-order valence-electron chi connectivity index (χ4n) is 1.77. The van der Waals surface area contributed by atoms with Gasteiger partial charge in [0.2, 0.25) is 0 Å². The molecule has 2 rings (SSSR count). The quantitative estimate of drug-likeness (QED) is 0.928. The molecule has 0 spiro atoms. The molecule has 1 N–H and O–H groups in total. The van der Waals surface area contributed by atoms with Crippen molar-refractivity contribution in [1.29, 1.82) is 0 Å². The minimum absolute atomic E-state index is 0.0679. The summed E-state index contributed by atoms with van der Waals surface area (Å²) in [6, 6.07) is 8.09. The van der Waals surface area contributed by atoms with Gasteiger partial charge in [-0.15, -0.1) is 0 Å². The van der Waals surface area contributed by atoms with Gasteiger partial charge in [-0.1, -0.05) is 15.9 Å². The number of hydrogen-bond acceptors (Lipinski definition) is 2. The summed E-state index contributed by atoms with van der Waals surface area (Å²) in [6.07, 6.45) is -1.24. The molecule has 19 heavy (non-hydrogen) atoms. The lowest BCUT2D eigenvalue weighted by atomic mass is 10.0. The van der Waals surface area contributed by atoms with Crippen LogP contribution in [0.3, 0.4) is 0 Å². The van der Waals surface area contributed by atoms with Crippen LogP contribution in [-0.4, -0.2) is 12.2 Å². The van der Waals surface area contributed by atoms with E-state index in [-0.39, 0.29) is 11.1 Å². The molecule has 5 heteroatoms. The third-order valence-corrected chi connectivity index (χ3v) is 3.16. The van der Waals surface area contributed by atoms with Crippen LogP contribution in [0.25, 0.3) is 0 Å². The van der Waals surface area contributed by atoms with E-state index in [0.717, 1.165) is 0 Å². The van der Waals surface area contributed by atoms with E-state index in [9.17, 15) is 13.9 Å². The number of methoxy groups -OCH3 is 1. The maximum absolute atomic E-state index is 13.8. The Kier molecular flexibility index (Phi) is 4.17. The molecule has 0 amide bonds. The van der Waals surface area contributed by atoms with Crippen LogP contribution in [0.5, 0.6) is 5.75 Å². The summed E-state index contributed by atoms with van der Waals surface area (Å²) in [4.78, 5) is 0. The summed E-state index contributed by atoms with van der Waals surface area (Å²) in [5.41, 5.74) is 0.342. The van der Waals surface area contributed by atoms with Gasteiger partial charge in [0.1, 0.15) is 23.5 Å². The first-order valence-corrected chi connectivity index (χ1v) is 6.28. The minimum atomic E-state index is -1.24. The molecular weight excluding hydrogens is 318 g/mol. The molecule has 2 aromatic rings. The molecule has 0 bridgehead atoms. The van der Waals surface area contributed by atoms with Crippen LogP contribution in [0.2, 0.25) is 0 Å². The summed E-state index contributed by atoms with van der Waals surface area (Å²) in [5, 5.41) is 10.1. The Labute approximate surface area is 117 Å². The summed E-state index contributed by atoms with van der Waals surface area (Å²) in [7, 11) is 1.43. The van der Waals surface area contributed by atoms with Crippen LogP contribution < -0.4 is 4.74 Å². The predicted octanol–water partition coefficient (Wildman–Crippen LogP) is 3.82. The van der Waals surface area contributed by atoms with E-state index >= 15 is 0 Å². The molecule has 0 saturated heterocycles. The third-order valence-electron chi connectivity index (χ3n) is 2.70. The summed E-state index contributed by atoms with van der Waals surface area (Å²) < 4.78 is 32.5. The van der Waals surface area contributed by atoms with Gasteiger partial charge in [-0.05, 0) is 35.9 Å². The Hall–Kier alpha value is -1.46. The zero-order chi connectivity index (χ0) is 14.0. The van der Waals surface area contributed by atoms with Crippen molar-refractivity contribution in [3.63, 3.8) is 0 Å². The number of benzene rings is 2. The van der Waals surface area contributed by atoms with Crippen LogP contribution in [-0.2, 0) is 0 Å². The first-order chi connectivity index (χ1) is 9.01. The monoisotopic (exact) mass is 328 g/mol. The second-order valence-corrected chi connectivity index (χ2v) is 4.91. The molecule has 0 heterocycles. The van der Waals surface area contributed by atoms with Gasteiger partial charge in [0.15, 0.2) is 0 Å². The van der Waals surface area contributed by atoms with E-state index in [1.54, 1.807) is 0 Å². The highest BCUT2D eigenvalue weighted by molar-refractivity contribution is 9.10. The van der Waals surface area contributed by atoms with Crippen LogP contribution in [0.1, 0.15) is 17.2 Å². The molecule has 0 saturated carbocycles. The standard InChI is InChI=1S/C14H11BrF2O2/c1-19-11-2-3-12(13(17)7-11)14(18)8-4-9(15)6-10(16)5-8/h2-7,14,18H,1H3. The van der Waals surface area contributed by atoms with E-state index in [2.05, 4.69) is 15.9 Å². The fraction of sp³-hybridized carbons (Fsp3) is 0.143. The maximum atomic E-state index is 13.8. The lowest BCUT2D eigenvalue weighted by Crippen LogP contribution is -2.03. The molecule has 0 aromatic heterocycles. The smallest absolute Gasteiger partial charge is 0.133 e. The Morgan fingerprint density at radius 2 is 1.89 bits per heavy atom. The third kappa shape index (κ3) is 3.11. The first kappa shape index (κ1) is 14.0. The van der Waals surface area contributed by atoms with Gasteiger partial charge in [-0.3, -0.25) is 0 Å². The van der Waals surface area contributed by atoms with Gasteiger partial charge in [0.25, 0.3) is 0 Å². The topological polar surface area (TPSA) is 29.5 Å². The molecule has 2 nitrogen and oxygen atoms in total. The Morgan fingerprint density at radius 3 is 2.47 bits per heavy atom. The normalized spacial score (nSPS) is 12.3. The molecule has 1 unspecified atom stereocenters. The maximum Gasteiger partial charge on any atom is 0.133 e. The molecule has 1 atom stereocenters. The van der Waals surface area contributed by atoms with Gasteiger partial charge >= 0.3 is 0 Å². The highest BCUT2D eigenvalue weighted by Gasteiger charge is 2.17. The number of halogens is 3. The van der Waals surface area contributed by atoms with Crippen molar-refractivity contribution in [2.75, 3.05) is 7.11 Å². The van der Waals surface area contributed by atoms with E-state index in [0.29, 0.717) is 10.2 Å². The Morgan fingerprint density at radius 1 is 1.16 bits per heavy atom. The molecule has 0 radical (unpaired) electrons. The van der Waals surface area contributed by atoms with Gasteiger partial charge in [0, 0.05) is 16.1 Å². The molecular formula is C14H11BrF2O2. The molecule has 0 aliphatic heterocycles. The average Bonchev–Trinajstić information content (AvgIpc) is 2.36. The number of hydrogen-bond donors (Lipinski definition) is 1. The van der Waals surface area contributed by atoms with Gasteiger partial charge in [-0.25, -0.2) is 8.78 Å². The predicted molar refractivity (Wildman–Crippen MR) is 71.1 cm³/mol. The van der Waals surface area contributed by atoms with Crippen molar-refractivity contribution >= 4 is 15.9 Å². The lowest BCUT2D eigenvalue weighted by molar-refractivity contribution is 0.214. The van der Waals surface area contributed by atoms with E-state index in [4.69, 9.17) is 4.74 Å². The van der Waals surface area contributed by atoms with Crippen molar-refractivity contribution < 1.29 is 18.6 Å². The highest BCUT2D eigenvalue weighted by atomic mass is 79.9. The van der Waals surface area contributed by atoms with Crippen molar-refractivity contribution in [2.24, 2.45) is 0 Å². The van der Waals surface area contributed by atoms with E-state index in [1.807, 2.05) is 0 Å². The first-order valence-electron chi connectivity index (χ1n) is 5.48. The zero-order valence-electron chi connectivity index (χ0n) is 10.0. The second kappa shape index (κ2) is 5.67. The van der Waals surface area contributed by atoms with Gasteiger partial charge in [0.05, 0.1) is 7.11 Å². The minimum Gasteiger partial charge on any atom is -0.497 e. The number of aliphatic hydroxyl groups is 1. The summed E-state index contributed by atoms with van der Waals surface area (Å²) >= 11 is 3.13. The van der Waals surface area contributed by atoms with Gasteiger partial charge in [-0.2, -0.15) is 0 Å². The zero-order valence-corrected chi connectivity index (χ0v) is 11.6. The summed E-state index contributed by atoms with van der Waals surface area (Å²) in [6.45, 7) is 0. The average molecular weight is 329 g/mol. The number of rotatable bonds is 3. The van der Waals surface area contributed by atoms with Crippen molar-refractivity contribution in [3.05, 3.63) is 63.6 Å². The number of aliphatic hydroxyl groups excluding tert-OH is 1. The lowest BCUT2D eigenvalue weighted by Gasteiger charge is -2.13. The van der Waals surface area contributed by atoms with Gasteiger partial charge < -0.3 is 9.84 Å². The van der Waals surface area contributed by atoms with Crippen molar-refractivity contribution in [1.82, 2.24) is 0 Å². The van der Waals surface area contributed by atoms with E-state index in [1.165, 1.54) is 43.5 Å². The molecule has 0 fully saturated rings. The molecule has 0 aliphatic rings. The van der Waals surface area contributed by atoms with Crippen LogP contribution in [0, 0.1) is 11.6 Å². The summed E-state index contributed by atoms with van der Waals surface area (Å²) in [5.74, 6) is -0.751. The van der Waals surface area contributed by atoms with Crippen LogP contribution >= 0.6 is 15.9 Å². The van der Waals surface area contributed by atoms with Crippen LogP contribution in [0.15, 0.2) is 40.9 Å². The Balaban J connectivity index is 2.40.